The number of aryl methyl sites for hydroxylation is 3. The number of nitrogens with one attached hydrogen (secondary N) is 1. The summed E-state index contributed by atoms with van der Waals surface area (Å²) < 4.78 is 3.03. The molecule has 3 rings (SSSR count). The predicted molar refractivity (Wildman–Crippen MR) is 105 cm³/mol. The highest BCUT2D eigenvalue weighted by Gasteiger charge is 2.09. The first-order valence-electron chi connectivity index (χ1n) is 7.65. The molecule has 1 aromatic heterocycles. The Morgan fingerprint density at radius 1 is 1.04 bits per heavy atom. The van der Waals surface area contributed by atoms with E-state index >= 15 is 0 Å². The highest BCUT2D eigenvalue weighted by atomic mass is 127. The van der Waals surface area contributed by atoms with Crippen molar-refractivity contribution < 1.29 is 4.79 Å². The predicted octanol–water partition coefficient (Wildman–Crippen LogP) is 4.65. The van der Waals surface area contributed by atoms with E-state index in [0.29, 0.717) is 5.56 Å². The minimum atomic E-state index is -0.112. The van der Waals surface area contributed by atoms with Gasteiger partial charge < -0.3 is 5.32 Å². The first-order chi connectivity index (χ1) is 11.4. The molecule has 24 heavy (non-hydrogen) atoms. The number of halogens is 1. The number of rotatable bonds is 3. The SMILES string of the molecule is Cc1cc(C)n(-c2ccc(C(=O)Nc3ccc(I)cc3C)cc2)n1. The number of hydrogen-bond donors (Lipinski definition) is 1. The van der Waals surface area contributed by atoms with Gasteiger partial charge in [-0.3, -0.25) is 4.79 Å². The standard InChI is InChI=1S/C19H18IN3O/c1-12-10-16(20)6-9-18(12)21-19(24)15-4-7-17(8-5-15)23-14(3)11-13(2)22-23/h4-11H,1-3H3,(H,21,24). The summed E-state index contributed by atoms with van der Waals surface area (Å²) in [5, 5.41) is 7.42. The van der Waals surface area contributed by atoms with Gasteiger partial charge in [0.15, 0.2) is 0 Å². The monoisotopic (exact) mass is 431 g/mol. The molecule has 0 aliphatic heterocycles. The second kappa shape index (κ2) is 6.76. The Morgan fingerprint density at radius 3 is 2.33 bits per heavy atom. The van der Waals surface area contributed by atoms with Crippen molar-refractivity contribution in [1.82, 2.24) is 9.78 Å². The van der Waals surface area contributed by atoms with Gasteiger partial charge in [-0.05, 0) is 97.5 Å². The lowest BCUT2D eigenvalue weighted by Crippen LogP contribution is -2.13. The molecule has 0 unspecified atom stereocenters. The number of aromatic nitrogens is 2. The maximum Gasteiger partial charge on any atom is 0.255 e. The molecule has 0 fully saturated rings. The van der Waals surface area contributed by atoms with Gasteiger partial charge in [0.05, 0.1) is 11.4 Å². The second-order valence-corrected chi connectivity index (χ2v) is 7.04. The molecule has 1 N–H and O–H groups in total. The zero-order valence-corrected chi connectivity index (χ0v) is 16.0. The van der Waals surface area contributed by atoms with Gasteiger partial charge in [0.25, 0.3) is 5.91 Å². The van der Waals surface area contributed by atoms with Crippen LogP contribution < -0.4 is 5.32 Å². The average molecular weight is 431 g/mol. The van der Waals surface area contributed by atoms with E-state index in [2.05, 4.69) is 33.0 Å². The lowest BCUT2D eigenvalue weighted by molar-refractivity contribution is 0.102. The van der Waals surface area contributed by atoms with Gasteiger partial charge in [0, 0.05) is 20.5 Å². The Kier molecular flexibility index (Phi) is 4.71. The van der Waals surface area contributed by atoms with Crippen LogP contribution in [0, 0.1) is 24.3 Å². The van der Waals surface area contributed by atoms with Gasteiger partial charge in [-0.2, -0.15) is 5.10 Å². The Labute approximate surface area is 155 Å². The molecule has 0 saturated heterocycles. The lowest BCUT2D eigenvalue weighted by atomic mass is 10.1. The van der Waals surface area contributed by atoms with Crippen molar-refractivity contribution in [1.29, 1.82) is 0 Å². The molecular weight excluding hydrogens is 413 g/mol. The summed E-state index contributed by atoms with van der Waals surface area (Å²) in [6, 6.07) is 15.5. The van der Waals surface area contributed by atoms with Crippen molar-refractivity contribution in [3.05, 3.63) is 74.6 Å². The molecule has 0 atom stereocenters. The van der Waals surface area contributed by atoms with E-state index in [0.717, 1.165) is 31.9 Å². The van der Waals surface area contributed by atoms with E-state index in [1.54, 1.807) is 0 Å². The topological polar surface area (TPSA) is 46.9 Å². The maximum atomic E-state index is 12.4. The number of nitrogens with zero attached hydrogens (tertiary/aromatic N) is 2. The largest absolute Gasteiger partial charge is 0.322 e. The summed E-state index contributed by atoms with van der Waals surface area (Å²) in [6.45, 7) is 5.97. The molecular formula is C19H18IN3O. The summed E-state index contributed by atoms with van der Waals surface area (Å²) in [6.07, 6.45) is 0. The van der Waals surface area contributed by atoms with Crippen LogP contribution in [-0.4, -0.2) is 15.7 Å². The van der Waals surface area contributed by atoms with Gasteiger partial charge in [-0.25, -0.2) is 4.68 Å². The number of hydrogen-bond acceptors (Lipinski definition) is 2. The summed E-state index contributed by atoms with van der Waals surface area (Å²) in [5.74, 6) is -0.112. The molecule has 122 valence electrons. The number of carbonyl (C=O) groups excluding carboxylic acids is 1. The molecule has 1 amide bonds. The molecule has 0 spiro atoms. The molecule has 0 aliphatic carbocycles. The third kappa shape index (κ3) is 3.51. The fraction of sp³-hybridized carbons (Fsp3) is 0.158. The van der Waals surface area contributed by atoms with Crippen molar-refractivity contribution in [3.8, 4) is 5.69 Å². The minimum Gasteiger partial charge on any atom is -0.322 e. The molecule has 3 aromatic rings. The summed E-state index contributed by atoms with van der Waals surface area (Å²) >= 11 is 2.26. The first kappa shape index (κ1) is 16.7. The van der Waals surface area contributed by atoms with Gasteiger partial charge in [-0.15, -0.1) is 0 Å². The third-order valence-corrected chi connectivity index (χ3v) is 4.49. The van der Waals surface area contributed by atoms with Crippen molar-refractivity contribution >= 4 is 34.2 Å². The van der Waals surface area contributed by atoms with E-state index in [1.165, 1.54) is 0 Å². The van der Waals surface area contributed by atoms with Crippen LogP contribution in [0.25, 0.3) is 5.69 Å². The third-order valence-electron chi connectivity index (χ3n) is 3.82. The molecule has 0 aliphatic rings. The Balaban J connectivity index is 1.80. The van der Waals surface area contributed by atoms with E-state index in [1.807, 2.05) is 74.0 Å². The lowest BCUT2D eigenvalue weighted by Gasteiger charge is -2.10. The van der Waals surface area contributed by atoms with Crippen LogP contribution in [0.1, 0.15) is 27.3 Å². The fourth-order valence-electron chi connectivity index (χ4n) is 2.61. The van der Waals surface area contributed by atoms with Crippen LogP contribution in [0.2, 0.25) is 0 Å². The van der Waals surface area contributed by atoms with E-state index < -0.39 is 0 Å². The minimum absolute atomic E-state index is 0.112. The molecule has 1 heterocycles. The van der Waals surface area contributed by atoms with E-state index in [4.69, 9.17) is 0 Å². The number of carbonyl (C=O) groups is 1. The smallest absolute Gasteiger partial charge is 0.255 e. The Morgan fingerprint density at radius 2 is 1.75 bits per heavy atom. The van der Waals surface area contributed by atoms with Crippen LogP contribution in [-0.2, 0) is 0 Å². The Hall–Kier alpha value is -2.15. The average Bonchev–Trinajstić information content (AvgIpc) is 2.88. The van der Waals surface area contributed by atoms with Crippen molar-refractivity contribution in [2.75, 3.05) is 5.32 Å². The molecule has 0 saturated carbocycles. The number of benzene rings is 2. The number of amides is 1. The first-order valence-corrected chi connectivity index (χ1v) is 8.73. The normalized spacial score (nSPS) is 10.7. The van der Waals surface area contributed by atoms with Gasteiger partial charge in [0.2, 0.25) is 0 Å². The van der Waals surface area contributed by atoms with Crippen LogP contribution in [0.15, 0.2) is 48.5 Å². The van der Waals surface area contributed by atoms with Gasteiger partial charge in [-0.1, -0.05) is 0 Å². The molecule has 0 radical (unpaired) electrons. The van der Waals surface area contributed by atoms with Gasteiger partial charge in [0.1, 0.15) is 0 Å². The summed E-state index contributed by atoms with van der Waals surface area (Å²) in [7, 11) is 0. The van der Waals surface area contributed by atoms with Crippen LogP contribution in [0.4, 0.5) is 5.69 Å². The van der Waals surface area contributed by atoms with Gasteiger partial charge >= 0.3 is 0 Å². The van der Waals surface area contributed by atoms with Crippen molar-refractivity contribution in [2.24, 2.45) is 0 Å². The van der Waals surface area contributed by atoms with Crippen LogP contribution >= 0.6 is 22.6 Å². The summed E-state index contributed by atoms with van der Waals surface area (Å²) in [5.41, 5.74) is 5.50. The Bertz CT molecular complexity index is 897. The van der Waals surface area contributed by atoms with Crippen molar-refractivity contribution in [3.63, 3.8) is 0 Å². The quantitative estimate of drug-likeness (QED) is 0.614. The zero-order chi connectivity index (χ0) is 17.3. The molecule has 4 nitrogen and oxygen atoms in total. The highest BCUT2D eigenvalue weighted by molar-refractivity contribution is 14.1. The fourth-order valence-corrected chi connectivity index (χ4v) is 3.25. The summed E-state index contributed by atoms with van der Waals surface area (Å²) in [4.78, 5) is 12.4. The van der Waals surface area contributed by atoms with Crippen molar-refractivity contribution in [2.45, 2.75) is 20.8 Å². The zero-order valence-electron chi connectivity index (χ0n) is 13.8. The highest BCUT2D eigenvalue weighted by Crippen LogP contribution is 2.19. The van der Waals surface area contributed by atoms with E-state index in [9.17, 15) is 4.79 Å². The molecule has 0 bridgehead atoms. The second-order valence-electron chi connectivity index (χ2n) is 5.80. The molecule has 2 aromatic carbocycles. The molecule has 5 heteroatoms. The number of anilines is 1. The van der Waals surface area contributed by atoms with Crippen LogP contribution in [0.5, 0.6) is 0 Å². The van der Waals surface area contributed by atoms with E-state index in [-0.39, 0.29) is 5.91 Å². The maximum absolute atomic E-state index is 12.4. The van der Waals surface area contributed by atoms with Crippen LogP contribution in [0.3, 0.4) is 0 Å².